The fourth-order valence-corrected chi connectivity index (χ4v) is 3.04. The lowest BCUT2D eigenvalue weighted by atomic mass is 10.0. The van der Waals surface area contributed by atoms with Crippen LogP contribution >= 0.6 is 11.6 Å². The Labute approximate surface area is 119 Å². The summed E-state index contributed by atoms with van der Waals surface area (Å²) < 4.78 is 0. The lowest BCUT2D eigenvalue weighted by molar-refractivity contribution is -0.141. The van der Waals surface area contributed by atoms with Crippen LogP contribution in [0.15, 0.2) is 18.2 Å². The molecule has 104 valence electrons. The molecule has 2 unspecified atom stereocenters. The zero-order valence-corrected chi connectivity index (χ0v) is 12.2. The van der Waals surface area contributed by atoms with Crippen LogP contribution in [-0.2, 0) is 11.2 Å². The van der Waals surface area contributed by atoms with Gasteiger partial charge < -0.3 is 5.11 Å². The number of hydrogen-bond donors (Lipinski definition) is 1. The van der Waals surface area contributed by atoms with Crippen molar-refractivity contribution in [3.8, 4) is 0 Å². The number of carbonyl (C=O) groups is 1. The van der Waals surface area contributed by atoms with E-state index in [9.17, 15) is 4.79 Å². The van der Waals surface area contributed by atoms with Gasteiger partial charge in [0, 0.05) is 17.6 Å². The first-order chi connectivity index (χ1) is 9.02. The van der Waals surface area contributed by atoms with Gasteiger partial charge in [-0.1, -0.05) is 31.5 Å². The predicted molar refractivity (Wildman–Crippen MR) is 76.6 cm³/mol. The van der Waals surface area contributed by atoms with E-state index in [-0.39, 0.29) is 5.92 Å². The van der Waals surface area contributed by atoms with Crippen molar-refractivity contribution in [2.45, 2.75) is 32.7 Å². The van der Waals surface area contributed by atoms with E-state index < -0.39 is 5.97 Å². The summed E-state index contributed by atoms with van der Waals surface area (Å²) in [5.41, 5.74) is 2.61. The molecule has 1 N–H and O–H groups in total. The Morgan fingerprint density at radius 3 is 2.95 bits per heavy atom. The van der Waals surface area contributed by atoms with Crippen molar-refractivity contribution in [3.63, 3.8) is 0 Å². The van der Waals surface area contributed by atoms with E-state index in [0.29, 0.717) is 12.6 Å². The molecule has 1 aromatic carbocycles. The highest BCUT2D eigenvalue weighted by atomic mass is 35.5. The van der Waals surface area contributed by atoms with Gasteiger partial charge in [-0.2, -0.15) is 0 Å². The van der Waals surface area contributed by atoms with Crippen LogP contribution in [0.3, 0.4) is 0 Å². The van der Waals surface area contributed by atoms with Crippen LogP contribution < -0.4 is 0 Å². The number of benzene rings is 1. The molecule has 1 aliphatic carbocycles. The van der Waals surface area contributed by atoms with E-state index in [1.165, 1.54) is 11.1 Å². The normalized spacial score (nSPS) is 19.5. The van der Waals surface area contributed by atoms with E-state index in [2.05, 4.69) is 17.9 Å². The second-order valence-corrected chi connectivity index (χ2v) is 5.66. The number of carboxylic acids is 1. The number of aryl methyl sites for hydroxylation is 1. The van der Waals surface area contributed by atoms with E-state index in [4.69, 9.17) is 16.7 Å². The van der Waals surface area contributed by atoms with Crippen molar-refractivity contribution in [2.75, 3.05) is 13.1 Å². The van der Waals surface area contributed by atoms with Crippen molar-refractivity contribution in [3.05, 3.63) is 34.3 Å². The zero-order valence-electron chi connectivity index (χ0n) is 11.4. The van der Waals surface area contributed by atoms with E-state index >= 15 is 0 Å². The lowest BCUT2D eigenvalue weighted by Crippen LogP contribution is -2.34. The molecule has 3 nitrogen and oxygen atoms in total. The molecule has 0 heterocycles. The number of carboxylic acid groups (broad SMARTS) is 1. The zero-order chi connectivity index (χ0) is 14.0. The molecule has 0 radical (unpaired) electrons. The number of fused-ring (bicyclic) bond motifs is 1. The van der Waals surface area contributed by atoms with Crippen LogP contribution in [0, 0.1) is 5.92 Å². The van der Waals surface area contributed by atoms with E-state index in [1.54, 1.807) is 6.92 Å². The van der Waals surface area contributed by atoms with Crippen LogP contribution in [0.25, 0.3) is 0 Å². The van der Waals surface area contributed by atoms with Gasteiger partial charge in [0.2, 0.25) is 0 Å². The minimum atomic E-state index is -0.729. The average molecular weight is 282 g/mol. The molecule has 0 aromatic heterocycles. The van der Waals surface area contributed by atoms with Crippen LogP contribution in [-0.4, -0.2) is 29.1 Å². The summed E-state index contributed by atoms with van der Waals surface area (Å²) in [5.74, 6) is -1.07. The summed E-state index contributed by atoms with van der Waals surface area (Å²) in [4.78, 5) is 13.3. The molecule has 0 aliphatic heterocycles. The van der Waals surface area contributed by atoms with E-state index in [0.717, 1.165) is 24.4 Å². The van der Waals surface area contributed by atoms with Crippen LogP contribution in [0.1, 0.15) is 37.4 Å². The smallest absolute Gasteiger partial charge is 0.307 e. The third kappa shape index (κ3) is 3.10. The number of aliphatic carboxylic acids is 1. The Morgan fingerprint density at radius 1 is 1.58 bits per heavy atom. The highest BCUT2D eigenvalue weighted by Gasteiger charge is 2.29. The highest BCUT2D eigenvalue weighted by Crippen LogP contribution is 2.37. The summed E-state index contributed by atoms with van der Waals surface area (Å²) in [6.07, 6.45) is 2.08. The standard InChI is InChI=1S/C15H20ClNO2/c1-3-17(9-10(2)15(18)19)14-7-4-11-8-12(16)5-6-13(11)14/h5-6,8,10,14H,3-4,7,9H2,1-2H3,(H,18,19). The second-order valence-electron chi connectivity index (χ2n) is 5.22. The van der Waals surface area contributed by atoms with Crippen molar-refractivity contribution in [1.82, 2.24) is 4.90 Å². The Hall–Kier alpha value is -1.06. The van der Waals surface area contributed by atoms with E-state index in [1.807, 2.05) is 12.1 Å². The van der Waals surface area contributed by atoms with Gasteiger partial charge in [-0.3, -0.25) is 9.69 Å². The number of hydrogen-bond acceptors (Lipinski definition) is 2. The van der Waals surface area contributed by atoms with Crippen LogP contribution in [0.2, 0.25) is 5.02 Å². The molecule has 0 spiro atoms. The van der Waals surface area contributed by atoms with Crippen molar-refractivity contribution in [2.24, 2.45) is 5.92 Å². The maximum atomic E-state index is 11.0. The molecular formula is C15H20ClNO2. The fraction of sp³-hybridized carbons (Fsp3) is 0.533. The first-order valence-corrected chi connectivity index (χ1v) is 7.16. The minimum absolute atomic E-state index is 0.332. The van der Waals surface area contributed by atoms with Crippen molar-refractivity contribution in [1.29, 1.82) is 0 Å². The molecule has 0 amide bonds. The summed E-state index contributed by atoms with van der Waals surface area (Å²) in [7, 11) is 0. The first kappa shape index (κ1) is 14.4. The molecule has 1 aromatic rings. The third-order valence-electron chi connectivity index (χ3n) is 3.93. The van der Waals surface area contributed by atoms with Gasteiger partial charge in [0.25, 0.3) is 0 Å². The monoisotopic (exact) mass is 281 g/mol. The Morgan fingerprint density at radius 2 is 2.32 bits per heavy atom. The molecule has 2 rings (SSSR count). The van der Waals surface area contributed by atoms with Gasteiger partial charge in [0.05, 0.1) is 5.92 Å². The Kier molecular flexibility index (Phi) is 4.48. The molecule has 0 bridgehead atoms. The summed E-state index contributed by atoms with van der Waals surface area (Å²) in [6.45, 7) is 5.31. The molecule has 0 saturated carbocycles. The molecule has 0 saturated heterocycles. The lowest BCUT2D eigenvalue weighted by Gasteiger charge is -2.29. The molecular weight excluding hydrogens is 262 g/mol. The average Bonchev–Trinajstić information content (AvgIpc) is 2.78. The molecule has 0 fully saturated rings. The van der Waals surface area contributed by atoms with Gasteiger partial charge in [0.1, 0.15) is 0 Å². The fourth-order valence-electron chi connectivity index (χ4n) is 2.85. The van der Waals surface area contributed by atoms with Gasteiger partial charge in [0.15, 0.2) is 0 Å². The third-order valence-corrected chi connectivity index (χ3v) is 4.16. The Balaban J connectivity index is 2.16. The van der Waals surface area contributed by atoms with Crippen molar-refractivity contribution < 1.29 is 9.90 Å². The number of rotatable bonds is 5. The number of halogens is 1. The number of nitrogens with zero attached hydrogens (tertiary/aromatic N) is 1. The summed E-state index contributed by atoms with van der Waals surface area (Å²) >= 11 is 6.02. The topological polar surface area (TPSA) is 40.5 Å². The second kappa shape index (κ2) is 5.93. The minimum Gasteiger partial charge on any atom is -0.481 e. The van der Waals surface area contributed by atoms with Crippen LogP contribution in [0.5, 0.6) is 0 Å². The maximum absolute atomic E-state index is 11.0. The van der Waals surface area contributed by atoms with Crippen molar-refractivity contribution >= 4 is 17.6 Å². The maximum Gasteiger partial charge on any atom is 0.307 e. The van der Waals surface area contributed by atoms with Gasteiger partial charge in [-0.15, -0.1) is 0 Å². The largest absolute Gasteiger partial charge is 0.481 e. The molecule has 2 atom stereocenters. The molecule has 19 heavy (non-hydrogen) atoms. The highest BCUT2D eigenvalue weighted by molar-refractivity contribution is 6.30. The van der Waals surface area contributed by atoms with Gasteiger partial charge in [-0.05, 0) is 42.6 Å². The molecule has 1 aliphatic rings. The summed E-state index contributed by atoms with van der Waals surface area (Å²) in [6, 6.07) is 6.38. The summed E-state index contributed by atoms with van der Waals surface area (Å²) in [5, 5.41) is 9.84. The quantitative estimate of drug-likeness (QED) is 0.900. The van der Waals surface area contributed by atoms with Crippen LogP contribution in [0.4, 0.5) is 0 Å². The first-order valence-electron chi connectivity index (χ1n) is 6.78. The van der Waals surface area contributed by atoms with Gasteiger partial charge in [-0.25, -0.2) is 0 Å². The Bertz CT molecular complexity index is 475. The predicted octanol–water partition coefficient (Wildman–Crippen LogP) is 3.37. The molecule has 4 heteroatoms. The SMILES string of the molecule is CCN(CC(C)C(=O)O)C1CCc2cc(Cl)ccc21. The van der Waals surface area contributed by atoms with Gasteiger partial charge >= 0.3 is 5.97 Å².